The average molecular weight is 388 g/mol. The van der Waals surface area contributed by atoms with E-state index in [2.05, 4.69) is 10.3 Å². The number of ether oxygens (including phenoxy) is 1. The van der Waals surface area contributed by atoms with Gasteiger partial charge in [0.15, 0.2) is 0 Å². The van der Waals surface area contributed by atoms with Crippen molar-refractivity contribution >= 4 is 28.3 Å². The number of H-pyrrole nitrogens is 1. The van der Waals surface area contributed by atoms with Crippen molar-refractivity contribution in [2.45, 2.75) is 6.54 Å². The summed E-state index contributed by atoms with van der Waals surface area (Å²) in [6, 6.07) is 19.7. The third-order valence-electron chi connectivity index (χ3n) is 4.75. The van der Waals surface area contributed by atoms with E-state index in [-0.39, 0.29) is 11.6 Å². The molecule has 0 aliphatic heterocycles. The van der Waals surface area contributed by atoms with Crippen LogP contribution in [0.2, 0.25) is 0 Å². The largest absolute Gasteiger partial charge is 0.497 e. The highest BCUT2D eigenvalue weighted by molar-refractivity contribution is 6.05. The molecule has 7 nitrogen and oxygen atoms in total. The zero-order chi connectivity index (χ0) is 20.4. The molecule has 1 amide bonds. The molecule has 0 spiro atoms. The maximum absolute atomic E-state index is 12.4. The summed E-state index contributed by atoms with van der Waals surface area (Å²) >= 11 is 0. The lowest BCUT2D eigenvalue weighted by atomic mass is 10.1. The van der Waals surface area contributed by atoms with Crippen LogP contribution in [-0.4, -0.2) is 22.6 Å². The molecule has 0 radical (unpaired) electrons. The number of imidazole rings is 1. The van der Waals surface area contributed by atoms with Gasteiger partial charge in [-0.15, -0.1) is 0 Å². The molecule has 0 aliphatic rings. The Morgan fingerprint density at radius 1 is 1.10 bits per heavy atom. The van der Waals surface area contributed by atoms with Crippen molar-refractivity contribution in [3.8, 4) is 5.75 Å². The Bertz CT molecular complexity index is 1240. The Morgan fingerprint density at radius 3 is 2.59 bits per heavy atom. The van der Waals surface area contributed by atoms with E-state index in [1.807, 2.05) is 36.4 Å². The second-order valence-electron chi connectivity index (χ2n) is 6.64. The van der Waals surface area contributed by atoms with Crippen LogP contribution in [0.5, 0.6) is 5.75 Å². The van der Waals surface area contributed by atoms with Crippen molar-refractivity contribution in [1.82, 2.24) is 9.55 Å². The van der Waals surface area contributed by atoms with Gasteiger partial charge in [0.05, 0.1) is 36.1 Å². The second-order valence-corrected chi connectivity index (χ2v) is 6.64. The molecule has 0 saturated heterocycles. The highest BCUT2D eigenvalue weighted by Crippen LogP contribution is 2.20. The smallest absolute Gasteiger partial charge is 0.326 e. The van der Waals surface area contributed by atoms with Gasteiger partial charge in [-0.2, -0.15) is 0 Å². The van der Waals surface area contributed by atoms with E-state index >= 15 is 0 Å². The van der Waals surface area contributed by atoms with E-state index in [0.29, 0.717) is 34.7 Å². The van der Waals surface area contributed by atoms with Gasteiger partial charge in [-0.3, -0.25) is 9.36 Å². The first-order valence-corrected chi connectivity index (χ1v) is 9.06. The molecule has 7 heteroatoms. The van der Waals surface area contributed by atoms with Crippen LogP contribution in [0.15, 0.2) is 71.5 Å². The zero-order valence-corrected chi connectivity index (χ0v) is 15.8. The van der Waals surface area contributed by atoms with Crippen LogP contribution in [0.3, 0.4) is 0 Å². The number of methoxy groups -OCH3 is 1. The van der Waals surface area contributed by atoms with Gasteiger partial charge in [-0.05, 0) is 42.0 Å². The number of nitrogens with two attached hydrogens (primary N) is 1. The van der Waals surface area contributed by atoms with Gasteiger partial charge in [0.2, 0.25) is 0 Å². The summed E-state index contributed by atoms with van der Waals surface area (Å²) in [5.74, 6) is 0.436. The van der Waals surface area contributed by atoms with Crippen LogP contribution in [0.25, 0.3) is 11.0 Å². The zero-order valence-electron chi connectivity index (χ0n) is 15.8. The van der Waals surface area contributed by atoms with Crippen molar-refractivity contribution in [2.75, 3.05) is 18.2 Å². The number of hydrogen-bond donors (Lipinski definition) is 3. The number of amides is 1. The Kier molecular flexibility index (Phi) is 4.78. The Morgan fingerprint density at radius 2 is 1.86 bits per heavy atom. The van der Waals surface area contributed by atoms with Crippen LogP contribution in [0.1, 0.15) is 15.9 Å². The van der Waals surface area contributed by atoms with Gasteiger partial charge in [0, 0.05) is 11.6 Å². The molecule has 1 heterocycles. The molecule has 0 saturated carbocycles. The van der Waals surface area contributed by atoms with E-state index < -0.39 is 0 Å². The van der Waals surface area contributed by atoms with Crippen LogP contribution in [0, 0.1) is 0 Å². The second kappa shape index (κ2) is 7.55. The predicted molar refractivity (Wildman–Crippen MR) is 113 cm³/mol. The number of aromatic amines is 1. The van der Waals surface area contributed by atoms with Crippen molar-refractivity contribution in [3.05, 3.63) is 88.3 Å². The SMILES string of the molecule is COc1ccc2c(c1)[nH]c(=O)n2Cc1ccc(C(=O)Nc2ccccc2N)cc1. The first-order valence-electron chi connectivity index (χ1n) is 9.06. The molecule has 29 heavy (non-hydrogen) atoms. The normalized spacial score (nSPS) is 10.8. The summed E-state index contributed by atoms with van der Waals surface area (Å²) in [6.07, 6.45) is 0. The predicted octanol–water partition coefficient (Wildman–Crippen LogP) is 3.22. The fourth-order valence-corrected chi connectivity index (χ4v) is 3.18. The number of carbonyl (C=O) groups is 1. The van der Waals surface area contributed by atoms with E-state index in [0.717, 1.165) is 11.1 Å². The van der Waals surface area contributed by atoms with Crippen molar-refractivity contribution in [3.63, 3.8) is 0 Å². The minimum Gasteiger partial charge on any atom is -0.497 e. The quantitative estimate of drug-likeness (QED) is 0.457. The lowest BCUT2D eigenvalue weighted by Crippen LogP contribution is -2.17. The van der Waals surface area contributed by atoms with Gasteiger partial charge in [-0.1, -0.05) is 24.3 Å². The Hall–Kier alpha value is -4.00. The summed E-state index contributed by atoms with van der Waals surface area (Å²) in [7, 11) is 1.58. The van der Waals surface area contributed by atoms with Gasteiger partial charge >= 0.3 is 5.69 Å². The molecule has 3 aromatic carbocycles. The maximum Gasteiger partial charge on any atom is 0.326 e. The molecule has 4 rings (SSSR count). The molecular weight excluding hydrogens is 368 g/mol. The summed E-state index contributed by atoms with van der Waals surface area (Å²) in [6.45, 7) is 0.388. The summed E-state index contributed by atoms with van der Waals surface area (Å²) in [5.41, 5.74) is 9.66. The minimum absolute atomic E-state index is 0.199. The molecule has 0 fully saturated rings. The third-order valence-corrected chi connectivity index (χ3v) is 4.75. The van der Waals surface area contributed by atoms with Crippen LogP contribution >= 0.6 is 0 Å². The molecule has 0 bridgehead atoms. The fraction of sp³-hybridized carbons (Fsp3) is 0.0909. The van der Waals surface area contributed by atoms with Gasteiger partial charge < -0.3 is 20.8 Å². The third kappa shape index (κ3) is 3.70. The molecule has 0 atom stereocenters. The summed E-state index contributed by atoms with van der Waals surface area (Å²) < 4.78 is 6.85. The van der Waals surface area contributed by atoms with Crippen molar-refractivity contribution in [2.24, 2.45) is 0 Å². The molecular formula is C22H20N4O3. The number of benzene rings is 3. The number of nitrogens with zero attached hydrogens (tertiary/aromatic N) is 1. The van der Waals surface area contributed by atoms with E-state index in [1.54, 1.807) is 42.0 Å². The van der Waals surface area contributed by atoms with E-state index in [1.165, 1.54) is 0 Å². The molecule has 1 aromatic heterocycles. The number of rotatable bonds is 5. The van der Waals surface area contributed by atoms with Crippen molar-refractivity contribution in [1.29, 1.82) is 0 Å². The van der Waals surface area contributed by atoms with Gasteiger partial charge in [-0.25, -0.2) is 4.79 Å². The highest BCUT2D eigenvalue weighted by atomic mass is 16.5. The summed E-state index contributed by atoms with van der Waals surface area (Å²) in [4.78, 5) is 27.6. The number of carbonyl (C=O) groups excluding carboxylic acids is 1. The molecule has 146 valence electrons. The maximum atomic E-state index is 12.4. The number of hydrogen-bond acceptors (Lipinski definition) is 4. The Labute approximate surface area is 166 Å². The molecule has 0 unspecified atom stereocenters. The van der Waals surface area contributed by atoms with E-state index in [9.17, 15) is 9.59 Å². The average Bonchev–Trinajstić information content (AvgIpc) is 3.04. The number of para-hydroxylation sites is 2. The first-order chi connectivity index (χ1) is 14.0. The van der Waals surface area contributed by atoms with Gasteiger partial charge in [0.1, 0.15) is 5.75 Å². The van der Waals surface area contributed by atoms with E-state index in [4.69, 9.17) is 10.5 Å². The Balaban J connectivity index is 1.54. The van der Waals surface area contributed by atoms with Gasteiger partial charge in [0.25, 0.3) is 5.91 Å². The molecule has 4 aromatic rings. The summed E-state index contributed by atoms with van der Waals surface area (Å²) in [5, 5.41) is 2.80. The first kappa shape index (κ1) is 18.4. The molecule has 4 N–H and O–H groups in total. The van der Waals surface area contributed by atoms with Crippen LogP contribution in [0.4, 0.5) is 11.4 Å². The standard InChI is InChI=1S/C22H20N4O3/c1-29-16-10-11-20-19(12-16)25-22(28)26(20)13-14-6-8-15(9-7-14)21(27)24-18-5-3-2-4-17(18)23/h2-12H,13,23H2,1H3,(H,24,27)(H,25,28). The number of aromatic nitrogens is 2. The number of anilines is 2. The topological polar surface area (TPSA) is 102 Å². The van der Waals surface area contributed by atoms with Crippen LogP contribution < -0.4 is 21.5 Å². The number of nitrogen functional groups attached to an aromatic ring is 1. The number of nitrogens with one attached hydrogen (secondary N) is 2. The number of fused-ring (bicyclic) bond motifs is 1. The lowest BCUT2D eigenvalue weighted by molar-refractivity contribution is 0.102. The fourth-order valence-electron chi connectivity index (χ4n) is 3.18. The lowest BCUT2D eigenvalue weighted by Gasteiger charge is -2.09. The van der Waals surface area contributed by atoms with Crippen LogP contribution in [-0.2, 0) is 6.54 Å². The molecule has 0 aliphatic carbocycles. The monoisotopic (exact) mass is 388 g/mol. The highest BCUT2D eigenvalue weighted by Gasteiger charge is 2.10. The van der Waals surface area contributed by atoms with Crippen molar-refractivity contribution < 1.29 is 9.53 Å². The minimum atomic E-state index is -0.245.